The van der Waals surface area contributed by atoms with Crippen molar-refractivity contribution in [2.45, 2.75) is 41.5 Å². The van der Waals surface area contributed by atoms with E-state index < -0.39 is 4.92 Å². The van der Waals surface area contributed by atoms with Crippen molar-refractivity contribution in [2.75, 3.05) is 5.73 Å². The van der Waals surface area contributed by atoms with Gasteiger partial charge in [0.1, 0.15) is 0 Å². The largest absolute Gasteiger partial charge is 0.399 e. The Kier molecular flexibility index (Phi) is 14.9. The number of rotatable bonds is 4. The molecule has 12 heteroatoms. The van der Waals surface area contributed by atoms with Gasteiger partial charge >= 0.3 is 0 Å². The van der Waals surface area contributed by atoms with Crippen LogP contribution in [0.2, 0.25) is 5.02 Å². The Morgan fingerprint density at radius 1 is 0.569 bits per heavy atom. The number of nitrogen functional groups attached to an aromatic ring is 1. The van der Waals surface area contributed by atoms with Gasteiger partial charge in [-0.25, -0.2) is 0 Å². The molecule has 0 atom stereocenters. The summed E-state index contributed by atoms with van der Waals surface area (Å²) in [6, 6.07) is 27.1. The van der Waals surface area contributed by atoms with Crippen LogP contribution in [0.1, 0.15) is 33.8 Å². The maximum Gasteiger partial charge on any atom is 0.269 e. The number of nitrogens with two attached hydrogens (primary N) is 1. The number of aryl methyl sites for hydroxylation is 6. The van der Waals surface area contributed by atoms with E-state index in [9.17, 15) is 20.2 Å². The summed E-state index contributed by atoms with van der Waals surface area (Å²) in [4.78, 5) is 32.4. The van der Waals surface area contributed by atoms with Gasteiger partial charge in [0, 0.05) is 75.1 Å². The number of hydrogen-bond acceptors (Lipinski definition) is 8. The van der Waals surface area contributed by atoms with E-state index in [1.54, 1.807) is 31.5 Å². The SMILES string of the molecule is Cc1cc(-c2ccc(N)cc2C)ccn1.Cc1cc(-c2ccc([N+](=O)[O-])cc2C)ccn1.Cc1cc(Br)ccn1.Cc1cc([N+](=O)[O-])ccc1Cl. The van der Waals surface area contributed by atoms with Gasteiger partial charge in [-0.1, -0.05) is 33.6 Å². The zero-order valence-electron chi connectivity index (χ0n) is 29.1. The Morgan fingerprint density at radius 3 is 1.39 bits per heavy atom. The van der Waals surface area contributed by atoms with Gasteiger partial charge in [-0.15, -0.1) is 0 Å². The molecule has 0 aliphatic rings. The number of benzene rings is 3. The van der Waals surface area contributed by atoms with Crippen molar-refractivity contribution in [3.05, 3.63) is 173 Å². The third-order valence-corrected chi connectivity index (χ3v) is 8.21. The monoisotopic (exact) mass is 768 g/mol. The molecule has 0 saturated heterocycles. The molecule has 262 valence electrons. The predicted octanol–water partition coefficient (Wildman–Crippen LogP) is 10.9. The van der Waals surface area contributed by atoms with E-state index in [4.69, 9.17) is 17.3 Å². The second-order valence-electron chi connectivity index (χ2n) is 11.5. The highest BCUT2D eigenvalue weighted by molar-refractivity contribution is 9.10. The molecule has 0 radical (unpaired) electrons. The molecule has 0 spiro atoms. The van der Waals surface area contributed by atoms with Gasteiger partial charge < -0.3 is 5.73 Å². The van der Waals surface area contributed by atoms with Crippen LogP contribution in [-0.2, 0) is 0 Å². The maximum absolute atomic E-state index is 10.7. The van der Waals surface area contributed by atoms with Crippen LogP contribution in [-0.4, -0.2) is 24.8 Å². The number of aromatic nitrogens is 3. The van der Waals surface area contributed by atoms with Gasteiger partial charge in [0.2, 0.25) is 0 Å². The fourth-order valence-corrected chi connectivity index (χ4v) is 5.34. The van der Waals surface area contributed by atoms with Crippen molar-refractivity contribution in [1.29, 1.82) is 0 Å². The second-order valence-corrected chi connectivity index (χ2v) is 12.8. The van der Waals surface area contributed by atoms with Crippen molar-refractivity contribution in [2.24, 2.45) is 0 Å². The van der Waals surface area contributed by atoms with E-state index in [1.807, 2.05) is 76.4 Å². The van der Waals surface area contributed by atoms with Crippen LogP contribution in [0.5, 0.6) is 0 Å². The highest BCUT2D eigenvalue weighted by Crippen LogP contribution is 2.27. The number of pyridine rings is 3. The lowest BCUT2D eigenvalue weighted by Crippen LogP contribution is -1.91. The second kappa shape index (κ2) is 19.0. The molecule has 0 saturated carbocycles. The lowest BCUT2D eigenvalue weighted by Gasteiger charge is -2.07. The van der Waals surface area contributed by atoms with Gasteiger partial charge in [-0.3, -0.25) is 35.2 Å². The Labute approximate surface area is 310 Å². The lowest BCUT2D eigenvalue weighted by atomic mass is 10.0. The Bertz CT molecular complexity index is 2130. The van der Waals surface area contributed by atoms with Crippen molar-refractivity contribution in [3.63, 3.8) is 0 Å². The van der Waals surface area contributed by atoms with E-state index in [1.165, 1.54) is 41.0 Å². The number of nitro benzene ring substituents is 2. The van der Waals surface area contributed by atoms with E-state index in [2.05, 4.69) is 49.9 Å². The number of non-ortho nitro benzene ring substituents is 2. The van der Waals surface area contributed by atoms with Crippen LogP contribution in [0, 0.1) is 61.8 Å². The first-order valence-corrected chi connectivity index (χ1v) is 16.8. The zero-order valence-corrected chi connectivity index (χ0v) is 31.4. The molecule has 0 aliphatic carbocycles. The van der Waals surface area contributed by atoms with Crippen molar-refractivity contribution < 1.29 is 9.85 Å². The summed E-state index contributed by atoms with van der Waals surface area (Å²) in [5.41, 5.74) is 17.0. The molecule has 6 rings (SSSR count). The minimum atomic E-state index is -0.441. The third-order valence-electron chi connectivity index (χ3n) is 7.30. The molecule has 0 unspecified atom stereocenters. The minimum absolute atomic E-state index is 0.0758. The molecule has 0 aliphatic heterocycles. The highest BCUT2D eigenvalue weighted by atomic mass is 79.9. The highest BCUT2D eigenvalue weighted by Gasteiger charge is 2.09. The predicted molar refractivity (Wildman–Crippen MR) is 209 cm³/mol. The topological polar surface area (TPSA) is 151 Å². The summed E-state index contributed by atoms with van der Waals surface area (Å²) in [5, 5.41) is 21.4. The normalized spacial score (nSPS) is 9.96. The first kappa shape index (κ1) is 39.9. The van der Waals surface area contributed by atoms with E-state index >= 15 is 0 Å². The molecule has 2 N–H and O–H groups in total. The van der Waals surface area contributed by atoms with Crippen LogP contribution in [0.15, 0.2) is 114 Å². The van der Waals surface area contributed by atoms with Gasteiger partial charge in [-0.2, -0.15) is 0 Å². The molecular weight excluding hydrogens is 732 g/mol. The number of hydrogen-bond donors (Lipinski definition) is 1. The summed E-state index contributed by atoms with van der Waals surface area (Å²) in [6.45, 7) is 11.6. The molecule has 0 amide bonds. The number of halogens is 2. The third kappa shape index (κ3) is 12.7. The number of anilines is 1. The quantitative estimate of drug-likeness (QED) is 0.106. The molecule has 6 aromatic rings. The molecular formula is C39H38BrClN6O4. The molecule has 51 heavy (non-hydrogen) atoms. The summed E-state index contributed by atoms with van der Waals surface area (Å²) in [5.74, 6) is 0. The minimum Gasteiger partial charge on any atom is -0.399 e. The van der Waals surface area contributed by atoms with Crippen molar-refractivity contribution in [3.8, 4) is 22.3 Å². The van der Waals surface area contributed by atoms with Crippen molar-refractivity contribution >= 4 is 44.6 Å². The Balaban J connectivity index is 0.000000190. The molecule has 3 aromatic carbocycles. The maximum atomic E-state index is 10.7. The number of nitrogens with zero attached hydrogens (tertiary/aromatic N) is 5. The molecule has 3 aromatic heterocycles. The van der Waals surface area contributed by atoms with E-state index in [-0.39, 0.29) is 16.3 Å². The number of nitro groups is 2. The van der Waals surface area contributed by atoms with Gasteiger partial charge in [0.15, 0.2) is 0 Å². The Hall–Kier alpha value is -5.52. The summed E-state index contributed by atoms with van der Waals surface area (Å²) in [6.07, 6.45) is 5.35. The lowest BCUT2D eigenvalue weighted by molar-refractivity contribution is -0.385. The first-order valence-electron chi connectivity index (χ1n) is 15.6. The zero-order chi connectivity index (χ0) is 37.7. The summed E-state index contributed by atoms with van der Waals surface area (Å²) >= 11 is 8.98. The fourth-order valence-electron chi connectivity index (χ4n) is 4.78. The van der Waals surface area contributed by atoms with E-state index in [0.29, 0.717) is 5.02 Å². The van der Waals surface area contributed by atoms with Gasteiger partial charge in [0.25, 0.3) is 11.4 Å². The average molecular weight is 770 g/mol. The van der Waals surface area contributed by atoms with Gasteiger partial charge in [0.05, 0.1) is 9.85 Å². The summed E-state index contributed by atoms with van der Waals surface area (Å²) in [7, 11) is 0. The summed E-state index contributed by atoms with van der Waals surface area (Å²) < 4.78 is 1.09. The molecule has 0 bridgehead atoms. The van der Waals surface area contributed by atoms with E-state index in [0.717, 1.165) is 49.5 Å². The average Bonchev–Trinajstić information content (AvgIpc) is 3.06. The van der Waals surface area contributed by atoms with Crippen LogP contribution in [0.3, 0.4) is 0 Å². The standard InChI is InChI=1S/C13H12N2O2.C13H14N2.C7H6ClNO2.C6H6BrN/c1-9-7-12(15(16)17)3-4-13(9)11-5-6-14-10(2)8-11;1-9-7-12(14)3-4-13(9)11-5-6-15-10(2)8-11;1-5-4-6(9(10)11)2-3-7(5)8;1-5-4-6(7)2-3-8-5/h3-8H,1-2H3;3-8H,14H2,1-2H3;2-4H,1H3;2-4H,1H3. The smallest absolute Gasteiger partial charge is 0.269 e. The van der Waals surface area contributed by atoms with Crippen LogP contribution < -0.4 is 5.73 Å². The molecule has 0 fully saturated rings. The Morgan fingerprint density at radius 2 is 1.00 bits per heavy atom. The fraction of sp³-hybridized carbons (Fsp3) is 0.154. The molecule has 3 heterocycles. The van der Waals surface area contributed by atoms with Crippen LogP contribution >= 0.6 is 27.5 Å². The molecule has 10 nitrogen and oxygen atoms in total. The van der Waals surface area contributed by atoms with Crippen LogP contribution in [0.4, 0.5) is 17.1 Å². The van der Waals surface area contributed by atoms with Crippen molar-refractivity contribution in [1.82, 2.24) is 15.0 Å². The first-order chi connectivity index (χ1) is 24.1. The van der Waals surface area contributed by atoms with Gasteiger partial charge in [-0.05, 0) is 141 Å². The van der Waals surface area contributed by atoms with Crippen LogP contribution in [0.25, 0.3) is 22.3 Å².